The Morgan fingerprint density at radius 2 is 1.83 bits per heavy atom. The van der Waals surface area contributed by atoms with E-state index in [2.05, 4.69) is 0 Å². The molecular formula is C35H37BClNO8. The summed E-state index contributed by atoms with van der Waals surface area (Å²) in [6.45, 7) is 1.59. The molecule has 5 rings (SSSR count). The van der Waals surface area contributed by atoms with Crippen LogP contribution < -0.4 is 15.1 Å². The molecule has 1 aliphatic heterocycles. The van der Waals surface area contributed by atoms with Gasteiger partial charge in [0.05, 0.1) is 35.3 Å². The third-order valence-electron chi connectivity index (χ3n) is 8.86. The molecule has 2 amide bonds. The summed E-state index contributed by atoms with van der Waals surface area (Å²) in [5.74, 6) is -2.84. The number of aliphatic hydroxyl groups is 2. The molecule has 0 radical (unpaired) electrons. The Bertz CT molecular complexity index is 1640. The zero-order chi connectivity index (χ0) is 33.0. The second kappa shape index (κ2) is 14.7. The van der Waals surface area contributed by atoms with E-state index in [1.165, 1.54) is 24.3 Å². The maximum atomic E-state index is 13.9. The minimum absolute atomic E-state index is 0.0589. The molecule has 0 unspecified atom stereocenters. The molecule has 11 heteroatoms. The van der Waals surface area contributed by atoms with Crippen molar-refractivity contribution < 1.29 is 39.7 Å². The summed E-state index contributed by atoms with van der Waals surface area (Å²) in [6.07, 6.45) is 2.51. The molecule has 0 bridgehead atoms. The van der Waals surface area contributed by atoms with E-state index >= 15 is 0 Å². The van der Waals surface area contributed by atoms with E-state index in [1.807, 2.05) is 31.2 Å². The first kappa shape index (κ1) is 33.4. The number of carbonyl (C=O) groups excluding carboxylic acids is 2. The van der Waals surface area contributed by atoms with Crippen molar-refractivity contribution in [2.75, 3.05) is 18.1 Å². The molecule has 0 saturated carbocycles. The molecule has 0 aromatic heterocycles. The number of carbonyl (C=O) groups is 2. The Hall–Kier alpha value is -3.93. The van der Waals surface area contributed by atoms with Crippen LogP contribution in [0.5, 0.6) is 11.5 Å². The number of phenolic OH excluding ortho intramolecular Hbond substituents is 1. The maximum Gasteiger partial charge on any atom is 0.488 e. The number of nitrogens with zero attached hydrogens (tertiary/aromatic N) is 1. The van der Waals surface area contributed by atoms with E-state index in [9.17, 15) is 35.0 Å². The number of anilines is 1. The van der Waals surface area contributed by atoms with Gasteiger partial charge in [-0.15, -0.1) is 0 Å². The molecule has 9 nitrogen and oxygen atoms in total. The van der Waals surface area contributed by atoms with Crippen molar-refractivity contribution in [3.05, 3.63) is 100 Å². The van der Waals surface area contributed by atoms with Crippen LogP contribution in [-0.4, -0.2) is 63.6 Å². The predicted molar refractivity (Wildman–Crippen MR) is 177 cm³/mol. The van der Waals surface area contributed by atoms with Gasteiger partial charge in [0.15, 0.2) is 0 Å². The molecule has 46 heavy (non-hydrogen) atoms. The van der Waals surface area contributed by atoms with Crippen LogP contribution in [0.4, 0.5) is 5.69 Å². The van der Waals surface area contributed by atoms with Crippen molar-refractivity contribution in [1.82, 2.24) is 0 Å². The molecule has 1 fully saturated rings. The first-order valence-electron chi connectivity index (χ1n) is 15.3. The van der Waals surface area contributed by atoms with Gasteiger partial charge in [-0.2, -0.15) is 0 Å². The largest absolute Gasteiger partial charge is 0.508 e. The van der Waals surface area contributed by atoms with Gasteiger partial charge in [-0.05, 0) is 90.3 Å². The fourth-order valence-electron chi connectivity index (χ4n) is 6.54. The lowest BCUT2D eigenvalue weighted by atomic mass is 9.68. The van der Waals surface area contributed by atoms with Crippen molar-refractivity contribution in [2.45, 2.75) is 38.7 Å². The number of benzene rings is 3. The minimum atomic E-state index is -1.78. The van der Waals surface area contributed by atoms with Crippen LogP contribution in [0.25, 0.3) is 6.08 Å². The van der Waals surface area contributed by atoms with Gasteiger partial charge >= 0.3 is 7.12 Å². The number of rotatable bonds is 12. The highest BCUT2D eigenvalue weighted by atomic mass is 35.5. The molecule has 3 aromatic carbocycles. The van der Waals surface area contributed by atoms with E-state index in [0.29, 0.717) is 34.8 Å². The number of imide groups is 1. The van der Waals surface area contributed by atoms with Crippen molar-refractivity contribution >= 4 is 47.8 Å². The topological polar surface area (TPSA) is 148 Å². The Balaban J connectivity index is 1.46. The number of ether oxygens (including phenoxy) is 1. The van der Waals surface area contributed by atoms with E-state index in [0.717, 1.165) is 16.0 Å². The second-order valence-electron chi connectivity index (χ2n) is 11.7. The Morgan fingerprint density at radius 1 is 1.07 bits per heavy atom. The summed E-state index contributed by atoms with van der Waals surface area (Å²) in [4.78, 5) is 28.8. The van der Waals surface area contributed by atoms with E-state index in [1.54, 1.807) is 30.3 Å². The maximum absolute atomic E-state index is 13.9. The molecule has 0 spiro atoms. The fourth-order valence-corrected chi connectivity index (χ4v) is 6.77. The quantitative estimate of drug-likeness (QED) is 0.113. The molecule has 3 aromatic rings. The van der Waals surface area contributed by atoms with Crippen molar-refractivity contribution in [2.24, 2.45) is 17.8 Å². The van der Waals surface area contributed by atoms with Crippen LogP contribution >= 0.6 is 11.6 Å². The van der Waals surface area contributed by atoms with Crippen LogP contribution in [0.2, 0.25) is 5.02 Å². The number of allylic oxidation sites excluding steroid dienone is 1. The van der Waals surface area contributed by atoms with Crippen LogP contribution in [0, 0.1) is 17.8 Å². The number of amides is 2. The average molecular weight is 646 g/mol. The summed E-state index contributed by atoms with van der Waals surface area (Å²) in [5, 5.41) is 51.9. The molecular weight excluding hydrogens is 609 g/mol. The monoisotopic (exact) mass is 645 g/mol. The summed E-state index contributed by atoms with van der Waals surface area (Å²) >= 11 is 6.32. The van der Waals surface area contributed by atoms with Gasteiger partial charge in [-0.3, -0.25) is 14.5 Å². The van der Waals surface area contributed by atoms with E-state index in [4.69, 9.17) is 16.3 Å². The standard InChI is InChI=1S/C35H37BClNO8/c1-2-21(15-22-12-13-26(40)18-30(22)37)11-14-31(41)32-23(20-46-27-9-4-3-5-10-27)16-28-33(29(32)19-39)35(43)38(34(28)42)25-8-6-7-24(17-25)36(44)45/h3-10,12-13,15,17-18,28-29,31,33,39-41,44-45H,2,11,14,16,19-20H2,1H3/b21-15+/t28-,29+,31-,33-/m1/s1. The number of para-hydroxylation sites is 1. The van der Waals surface area contributed by atoms with Gasteiger partial charge in [0.25, 0.3) is 0 Å². The average Bonchev–Trinajstić information content (AvgIpc) is 3.31. The van der Waals surface area contributed by atoms with Crippen molar-refractivity contribution in [1.29, 1.82) is 0 Å². The number of hydrogen-bond donors (Lipinski definition) is 5. The lowest BCUT2D eigenvalue weighted by Crippen LogP contribution is -2.40. The number of fused-ring (bicyclic) bond motifs is 1. The molecule has 1 saturated heterocycles. The van der Waals surface area contributed by atoms with E-state index in [-0.39, 0.29) is 36.3 Å². The minimum Gasteiger partial charge on any atom is -0.508 e. The van der Waals surface area contributed by atoms with Gasteiger partial charge in [-0.1, -0.05) is 60.5 Å². The van der Waals surface area contributed by atoms with Crippen LogP contribution in [-0.2, 0) is 9.59 Å². The smallest absolute Gasteiger partial charge is 0.488 e. The third kappa shape index (κ3) is 7.06. The Morgan fingerprint density at radius 3 is 2.50 bits per heavy atom. The summed E-state index contributed by atoms with van der Waals surface area (Å²) < 4.78 is 6.07. The molecule has 1 aliphatic carbocycles. The summed E-state index contributed by atoms with van der Waals surface area (Å²) in [6, 6.07) is 19.8. The summed E-state index contributed by atoms with van der Waals surface area (Å²) in [7, 11) is -1.78. The Labute approximate surface area is 273 Å². The number of aliphatic hydroxyl groups excluding tert-OH is 2. The summed E-state index contributed by atoms with van der Waals surface area (Å²) in [5.41, 5.74) is 3.24. The number of aromatic hydroxyl groups is 1. The third-order valence-corrected chi connectivity index (χ3v) is 9.19. The lowest BCUT2D eigenvalue weighted by molar-refractivity contribution is -0.123. The first-order valence-corrected chi connectivity index (χ1v) is 15.7. The number of halogens is 1. The molecule has 1 heterocycles. The van der Waals surface area contributed by atoms with Crippen molar-refractivity contribution in [3.63, 3.8) is 0 Å². The highest BCUT2D eigenvalue weighted by Crippen LogP contribution is 2.47. The highest BCUT2D eigenvalue weighted by Gasteiger charge is 2.55. The Kier molecular flexibility index (Phi) is 10.7. The fraction of sp³-hybridized carbons (Fsp3) is 0.314. The molecule has 2 aliphatic rings. The second-order valence-corrected chi connectivity index (χ2v) is 12.1. The van der Waals surface area contributed by atoms with Gasteiger partial charge in [0, 0.05) is 5.92 Å². The molecule has 5 N–H and O–H groups in total. The number of phenols is 1. The molecule has 240 valence electrons. The first-order chi connectivity index (χ1) is 22.1. The lowest BCUT2D eigenvalue weighted by Gasteiger charge is -2.36. The SMILES string of the molecule is CC/C(=C\c1ccc(O)cc1Cl)CC[C@@H](O)C1=C(COc2ccccc2)C[C@H]2C(=O)N(c3cccc(B(O)O)c3)C(=O)[C@H]2[C@H]1CO. The van der Waals surface area contributed by atoms with Crippen LogP contribution in [0.15, 0.2) is 89.5 Å². The predicted octanol–water partition coefficient (Wildman–Crippen LogP) is 3.85. The van der Waals surface area contributed by atoms with Crippen LogP contribution in [0.3, 0.4) is 0 Å². The van der Waals surface area contributed by atoms with E-state index < -0.39 is 49.4 Å². The van der Waals surface area contributed by atoms with Crippen LogP contribution in [0.1, 0.15) is 38.2 Å². The highest BCUT2D eigenvalue weighted by molar-refractivity contribution is 6.58. The zero-order valence-corrected chi connectivity index (χ0v) is 26.2. The van der Waals surface area contributed by atoms with Crippen molar-refractivity contribution in [3.8, 4) is 11.5 Å². The van der Waals surface area contributed by atoms with Gasteiger partial charge in [0.2, 0.25) is 11.8 Å². The van der Waals surface area contributed by atoms with Gasteiger partial charge in [0.1, 0.15) is 18.1 Å². The normalized spacial score (nSPS) is 20.6. The number of hydrogen-bond acceptors (Lipinski definition) is 8. The van der Waals surface area contributed by atoms with Gasteiger partial charge in [-0.25, -0.2) is 0 Å². The zero-order valence-electron chi connectivity index (χ0n) is 25.4. The van der Waals surface area contributed by atoms with Gasteiger partial charge < -0.3 is 30.1 Å². The molecule has 4 atom stereocenters.